The third kappa shape index (κ3) is 3.54. The quantitative estimate of drug-likeness (QED) is 0.753. The number of rotatable bonds is 6. The van der Waals surface area contributed by atoms with Gasteiger partial charge in [0.1, 0.15) is 0 Å². The molecular formula is C19H29N3O3S. The van der Waals surface area contributed by atoms with Crippen LogP contribution >= 0.6 is 0 Å². The standard InChI is InChI=1S/C19H29N3O3S/c1-25-14-16-12-21(13-17-4-2-3-9-20-17)15-19(16)7-10-22(11-8-19)26(23,24)18-5-6-18/h2-4,9,16,18H,5-8,10-15H2,1H3/t16-/m0/s1. The lowest BCUT2D eigenvalue weighted by molar-refractivity contribution is 0.0567. The molecule has 26 heavy (non-hydrogen) atoms. The molecule has 3 aliphatic rings. The van der Waals surface area contributed by atoms with Crippen LogP contribution in [0.25, 0.3) is 0 Å². The summed E-state index contributed by atoms with van der Waals surface area (Å²) in [7, 11) is -1.28. The highest BCUT2D eigenvalue weighted by Gasteiger charge is 2.50. The highest BCUT2D eigenvalue weighted by molar-refractivity contribution is 7.90. The first-order valence-corrected chi connectivity index (χ1v) is 11.1. The molecule has 1 aliphatic carbocycles. The Morgan fingerprint density at radius 3 is 2.65 bits per heavy atom. The topological polar surface area (TPSA) is 62.7 Å². The van der Waals surface area contributed by atoms with E-state index in [1.165, 1.54) is 0 Å². The van der Waals surface area contributed by atoms with Gasteiger partial charge in [-0.25, -0.2) is 12.7 Å². The van der Waals surface area contributed by atoms with Crippen LogP contribution in [0.4, 0.5) is 0 Å². The Balaban J connectivity index is 1.44. The van der Waals surface area contributed by atoms with E-state index in [-0.39, 0.29) is 10.7 Å². The molecule has 7 heteroatoms. The Kier molecular flexibility index (Phi) is 5.07. The van der Waals surface area contributed by atoms with Crippen LogP contribution < -0.4 is 0 Å². The van der Waals surface area contributed by atoms with Crippen LogP contribution in [-0.2, 0) is 21.3 Å². The second-order valence-electron chi connectivity index (χ2n) is 8.15. The molecule has 3 heterocycles. The molecule has 0 unspecified atom stereocenters. The number of piperidine rings is 1. The Morgan fingerprint density at radius 2 is 2.04 bits per heavy atom. The van der Waals surface area contributed by atoms with Gasteiger partial charge in [-0.3, -0.25) is 9.88 Å². The predicted molar refractivity (Wildman–Crippen MR) is 100 cm³/mol. The average molecular weight is 380 g/mol. The van der Waals surface area contributed by atoms with Crippen molar-refractivity contribution >= 4 is 10.0 Å². The van der Waals surface area contributed by atoms with Crippen molar-refractivity contribution in [3.05, 3.63) is 30.1 Å². The maximum absolute atomic E-state index is 12.5. The number of hydrogen-bond acceptors (Lipinski definition) is 5. The summed E-state index contributed by atoms with van der Waals surface area (Å²) in [6.07, 6.45) is 5.40. The molecule has 4 rings (SSSR count). The van der Waals surface area contributed by atoms with Crippen LogP contribution in [-0.4, -0.2) is 67.8 Å². The van der Waals surface area contributed by atoms with Gasteiger partial charge in [0.25, 0.3) is 0 Å². The number of aromatic nitrogens is 1. The van der Waals surface area contributed by atoms with E-state index in [9.17, 15) is 8.42 Å². The lowest BCUT2D eigenvalue weighted by atomic mass is 9.71. The van der Waals surface area contributed by atoms with Crippen LogP contribution in [0.15, 0.2) is 24.4 Å². The highest BCUT2D eigenvalue weighted by atomic mass is 32.2. The lowest BCUT2D eigenvalue weighted by Crippen LogP contribution is -2.48. The molecule has 1 aromatic heterocycles. The molecule has 1 spiro atoms. The zero-order chi connectivity index (χ0) is 18.2. The van der Waals surface area contributed by atoms with Crippen LogP contribution in [0, 0.1) is 11.3 Å². The third-order valence-electron chi connectivity index (χ3n) is 6.39. The number of ether oxygens (including phenoxy) is 1. The first kappa shape index (κ1) is 18.3. The van der Waals surface area contributed by atoms with E-state index in [4.69, 9.17) is 4.74 Å². The largest absolute Gasteiger partial charge is 0.384 e. The van der Waals surface area contributed by atoms with Crippen LogP contribution in [0.1, 0.15) is 31.4 Å². The van der Waals surface area contributed by atoms with E-state index >= 15 is 0 Å². The molecule has 2 saturated heterocycles. The van der Waals surface area contributed by atoms with Crippen molar-refractivity contribution in [1.29, 1.82) is 0 Å². The second-order valence-corrected chi connectivity index (χ2v) is 10.4. The Hall–Kier alpha value is -1.02. The molecule has 144 valence electrons. The molecule has 1 saturated carbocycles. The minimum absolute atomic E-state index is 0.101. The summed E-state index contributed by atoms with van der Waals surface area (Å²) in [5.74, 6) is 0.460. The SMILES string of the molecule is COC[C@@H]1CN(Cc2ccccn2)CC12CCN(S(=O)(=O)C1CC1)CC2. The molecule has 0 aromatic carbocycles. The molecule has 3 fully saturated rings. The van der Waals surface area contributed by atoms with E-state index < -0.39 is 10.0 Å². The van der Waals surface area contributed by atoms with Crippen LogP contribution in [0.5, 0.6) is 0 Å². The first-order valence-electron chi connectivity index (χ1n) is 9.64. The molecule has 1 atom stereocenters. The Morgan fingerprint density at radius 1 is 1.27 bits per heavy atom. The minimum Gasteiger partial charge on any atom is -0.384 e. The van der Waals surface area contributed by atoms with Crippen molar-refractivity contribution in [2.75, 3.05) is 39.9 Å². The smallest absolute Gasteiger partial charge is 0.216 e. The summed E-state index contributed by atoms with van der Waals surface area (Å²) in [6, 6.07) is 6.04. The number of hydrogen-bond donors (Lipinski definition) is 0. The number of methoxy groups -OCH3 is 1. The van der Waals surface area contributed by atoms with Gasteiger partial charge < -0.3 is 4.74 Å². The van der Waals surface area contributed by atoms with Gasteiger partial charge in [0.2, 0.25) is 10.0 Å². The van der Waals surface area contributed by atoms with Crippen molar-refractivity contribution in [2.45, 2.75) is 37.5 Å². The zero-order valence-corrected chi connectivity index (χ0v) is 16.3. The van der Waals surface area contributed by atoms with Crippen molar-refractivity contribution in [1.82, 2.24) is 14.2 Å². The third-order valence-corrected chi connectivity index (χ3v) is 8.79. The summed E-state index contributed by atoms with van der Waals surface area (Å²) in [5, 5.41) is -0.101. The van der Waals surface area contributed by atoms with Gasteiger partial charge in [-0.05, 0) is 43.2 Å². The van der Waals surface area contributed by atoms with Gasteiger partial charge in [-0.2, -0.15) is 0 Å². The van der Waals surface area contributed by atoms with Gasteiger partial charge in [-0.15, -0.1) is 0 Å². The number of pyridine rings is 1. The minimum atomic E-state index is -3.05. The summed E-state index contributed by atoms with van der Waals surface area (Å²) in [4.78, 5) is 6.93. The van der Waals surface area contributed by atoms with Crippen molar-refractivity contribution in [3.63, 3.8) is 0 Å². The van der Waals surface area contributed by atoms with Crippen LogP contribution in [0.2, 0.25) is 0 Å². The fourth-order valence-electron chi connectivity index (χ4n) is 4.75. The number of nitrogens with zero attached hydrogens (tertiary/aromatic N) is 3. The average Bonchev–Trinajstić information content (AvgIpc) is 3.44. The highest BCUT2D eigenvalue weighted by Crippen LogP contribution is 2.46. The fourth-order valence-corrected chi connectivity index (χ4v) is 6.59. The van der Waals surface area contributed by atoms with Gasteiger partial charge in [0.05, 0.1) is 17.6 Å². The molecule has 0 radical (unpaired) electrons. The molecule has 6 nitrogen and oxygen atoms in total. The lowest BCUT2D eigenvalue weighted by Gasteiger charge is -2.42. The Labute approximate surface area is 156 Å². The van der Waals surface area contributed by atoms with Crippen molar-refractivity contribution in [2.24, 2.45) is 11.3 Å². The number of likely N-dealkylation sites (tertiary alicyclic amines) is 1. The summed E-state index contributed by atoms with van der Waals surface area (Å²) >= 11 is 0. The molecule has 1 aromatic rings. The van der Waals surface area contributed by atoms with E-state index in [1.54, 1.807) is 11.4 Å². The first-order chi connectivity index (χ1) is 12.5. The molecular weight excluding hydrogens is 350 g/mol. The maximum Gasteiger partial charge on any atom is 0.216 e. The van der Waals surface area contributed by atoms with Gasteiger partial charge in [0, 0.05) is 51.9 Å². The summed E-state index contributed by atoms with van der Waals surface area (Å²) in [6.45, 7) is 4.93. The normalized spacial score (nSPS) is 27.2. The second kappa shape index (κ2) is 7.19. The maximum atomic E-state index is 12.5. The van der Waals surface area contributed by atoms with Gasteiger partial charge in [0.15, 0.2) is 0 Å². The van der Waals surface area contributed by atoms with E-state index in [0.29, 0.717) is 19.0 Å². The predicted octanol–water partition coefficient (Wildman–Crippen LogP) is 1.73. The fraction of sp³-hybridized carbons (Fsp3) is 0.737. The van der Waals surface area contributed by atoms with E-state index in [1.807, 2.05) is 18.3 Å². The molecule has 0 bridgehead atoms. The molecule has 2 aliphatic heterocycles. The summed E-state index contributed by atoms with van der Waals surface area (Å²) < 4.78 is 32.4. The van der Waals surface area contributed by atoms with Crippen molar-refractivity contribution < 1.29 is 13.2 Å². The van der Waals surface area contributed by atoms with Gasteiger partial charge >= 0.3 is 0 Å². The summed E-state index contributed by atoms with van der Waals surface area (Å²) in [5.41, 5.74) is 1.26. The Bertz CT molecular complexity index is 713. The van der Waals surface area contributed by atoms with Gasteiger partial charge in [-0.1, -0.05) is 6.07 Å². The molecule has 0 amide bonds. The molecule has 0 N–H and O–H groups in total. The van der Waals surface area contributed by atoms with Crippen molar-refractivity contribution in [3.8, 4) is 0 Å². The van der Waals surface area contributed by atoms with Crippen LogP contribution in [0.3, 0.4) is 0 Å². The van der Waals surface area contributed by atoms with E-state index in [0.717, 1.165) is 57.6 Å². The zero-order valence-electron chi connectivity index (χ0n) is 15.5. The number of sulfonamides is 1. The van der Waals surface area contributed by atoms with E-state index in [2.05, 4.69) is 16.0 Å². The monoisotopic (exact) mass is 379 g/mol.